The molecule has 1 saturated heterocycles. The van der Waals surface area contributed by atoms with Gasteiger partial charge in [-0.15, -0.1) is 25.7 Å². The molecule has 0 spiro atoms. The first kappa shape index (κ1) is 27.4. The summed E-state index contributed by atoms with van der Waals surface area (Å²) in [6.07, 6.45) is 18.0. The number of nitrogens with two attached hydrogens (primary N) is 1. The highest BCUT2D eigenvalue weighted by molar-refractivity contribution is 5.65. The van der Waals surface area contributed by atoms with Crippen LogP contribution in [0.4, 0.5) is 9.59 Å². The lowest BCUT2D eigenvalue weighted by atomic mass is 10.2. The van der Waals surface area contributed by atoms with Gasteiger partial charge in [0.2, 0.25) is 0 Å². The van der Waals surface area contributed by atoms with Crippen LogP contribution in [0, 0.1) is 25.7 Å². The highest BCUT2D eigenvalue weighted by atomic mass is 16.8. The topological polar surface area (TPSA) is 128 Å². The maximum atomic E-state index is 10.4. The molecule has 0 unspecified atom stereocenters. The van der Waals surface area contributed by atoms with Gasteiger partial charge in [-0.05, 0) is 40.0 Å². The Morgan fingerprint density at radius 3 is 1.68 bits per heavy atom. The summed E-state index contributed by atoms with van der Waals surface area (Å²) in [5.74, 6) is 0. The SMILES string of the molecule is C#C.C#C.CC(C)(C)OC(N)=O.O=C1O[C@H]2CCC[C@H]2O1.OCCO. The Balaban J connectivity index is -0.000000279. The van der Waals surface area contributed by atoms with Gasteiger partial charge in [-0.2, -0.15) is 0 Å². The first-order valence-corrected chi connectivity index (χ1v) is 7.43. The van der Waals surface area contributed by atoms with Gasteiger partial charge in [-0.3, -0.25) is 0 Å². The Morgan fingerprint density at radius 2 is 1.48 bits per heavy atom. The number of carbonyl (C=O) groups excluding carboxylic acids is 2. The zero-order valence-corrected chi connectivity index (χ0v) is 15.0. The summed E-state index contributed by atoms with van der Waals surface area (Å²) < 4.78 is 14.2. The van der Waals surface area contributed by atoms with Crippen LogP contribution >= 0.6 is 0 Å². The van der Waals surface area contributed by atoms with E-state index in [0.717, 1.165) is 19.3 Å². The molecule has 2 fully saturated rings. The lowest BCUT2D eigenvalue weighted by Crippen LogP contribution is -2.27. The fourth-order valence-corrected chi connectivity index (χ4v) is 1.74. The Bertz CT molecular complexity index is 377. The average molecular weight is 359 g/mol. The predicted molar refractivity (Wildman–Crippen MR) is 93.4 cm³/mol. The van der Waals surface area contributed by atoms with Gasteiger partial charge in [0.15, 0.2) is 0 Å². The van der Waals surface area contributed by atoms with Crippen molar-refractivity contribution in [2.75, 3.05) is 13.2 Å². The molecule has 8 heteroatoms. The maximum Gasteiger partial charge on any atom is 0.509 e. The molecule has 1 heterocycles. The van der Waals surface area contributed by atoms with Crippen LogP contribution in [-0.2, 0) is 14.2 Å². The molecule has 0 aromatic heterocycles. The van der Waals surface area contributed by atoms with Crippen LogP contribution in [0.25, 0.3) is 0 Å². The first-order valence-electron chi connectivity index (χ1n) is 7.43. The lowest BCUT2D eigenvalue weighted by molar-refractivity contribution is 0.0599. The Hall–Kier alpha value is -2.42. The smallest absolute Gasteiger partial charge is 0.444 e. The minimum Gasteiger partial charge on any atom is -0.444 e. The van der Waals surface area contributed by atoms with Gasteiger partial charge in [0.1, 0.15) is 17.8 Å². The number of terminal acetylenes is 2. The van der Waals surface area contributed by atoms with Gasteiger partial charge in [0, 0.05) is 0 Å². The fourth-order valence-electron chi connectivity index (χ4n) is 1.74. The van der Waals surface area contributed by atoms with Gasteiger partial charge in [0.25, 0.3) is 0 Å². The zero-order valence-electron chi connectivity index (χ0n) is 15.0. The van der Waals surface area contributed by atoms with Crippen molar-refractivity contribution in [3.63, 3.8) is 0 Å². The first-order chi connectivity index (χ1) is 11.7. The minimum absolute atomic E-state index is 0.0810. The zero-order chi connectivity index (χ0) is 20.5. The maximum absolute atomic E-state index is 10.4. The van der Waals surface area contributed by atoms with Crippen LogP contribution in [-0.4, -0.2) is 53.5 Å². The molecule has 2 rings (SSSR count). The van der Waals surface area contributed by atoms with Crippen molar-refractivity contribution in [2.45, 2.75) is 57.8 Å². The number of rotatable bonds is 1. The summed E-state index contributed by atoms with van der Waals surface area (Å²) >= 11 is 0. The van der Waals surface area contributed by atoms with E-state index in [1.165, 1.54) is 0 Å². The monoisotopic (exact) mass is 359 g/mol. The summed E-state index contributed by atoms with van der Waals surface area (Å²) in [4.78, 5) is 20.4. The van der Waals surface area contributed by atoms with Crippen LogP contribution in [0.3, 0.4) is 0 Å². The molecule has 25 heavy (non-hydrogen) atoms. The second kappa shape index (κ2) is 16.4. The second-order valence-electron chi connectivity index (χ2n) is 5.47. The summed E-state index contributed by atoms with van der Waals surface area (Å²) in [7, 11) is 0. The lowest BCUT2D eigenvalue weighted by Gasteiger charge is -2.16. The van der Waals surface area contributed by atoms with Crippen molar-refractivity contribution in [3.8, 4) is 25.7 Å². The van der Waals surface area contributed by atoms with E-state index in [4.69, 9.17) is 25.4 Å². The molecule has 0 aromatic rings. The third-order valence-corrected chi connectivity index (χ3v) is 2.39. The minimum atomic E-state index is -0.725. The van der Waals surface area contributed by atoms with E-state index < -0.39 is 17.8 Å². The average Bonchev–Trinajstić information content (AvgIpc) is 3.10. The number of ether oxygens (including phenoxy) is 3. The van der Waals surface area contributed by atoms with Crippen molar-refractivity contribution in [1.29, 1.82) is 0 Å². The number of aliphatic hydroxyl groups is 2. The van der Waals surface area contributed by atoms with E-state index in [1.807, 2.05) is 0 Å². The Labute approximate surface area is 149 Å². The molecule has 2 aliphatic rings. The molecule has 1 amide bonds. The largest absolute Gasteiger partial charge is 0.509 e. The number of aliphatic hydroxyl groups excluding tert-OH is 2. The van der Waals surface area contributed by atoms with Crippen molar-refractivity contribution in [3.05, 3.63) is 0 Å². The van der Waals surface area contributed by atoms with Gasteiger partial charge in [-0.25, -0.2) is 9.59 Å². The van der Waals surface area contributed by atoms with E-state index in [1.54, 1.807) is 20.8 Å². The molecule has 1 saturated carbocycles. The van der Waals surface area contributed by atoms with Gasteiger partial charge >= 0.3 is 12.2 Å². The molecule has 2 atom stereocenters. The predicted octanol–water partition coefficient (Wildman–Crippen LogP) is 1.42. The number of primary amides is 1. The summed E-state index contributed by atoms with van der Waals surface area (Å²) in [6, 6.07) is 0. The number of hydrogen-bond acceptors (Lipinski definition) is 7. The standard InChI is InChI=1S/C6H8O3.C5H11NO2.C2H6O2.2C2H2/c7-6-8-4-2-1-3-5(4)9-6;1-5(2,3)8-4(6)7;3-1-2-4;2*1-2/h4-5H,1-3H2;1-3H3,(H2,6,7);3-4H,1-2H2;2*1-2H/t4-,5+;;;;. The Kier molecular flexibility index (Phi) is 18.0. The molecule has 8 nitrogen and oxygen atoms in total. The number of carbonyl (C=O) groups is 2. The summed E-state index contributed by atoms with van der Waals surface area (Å²) in [5.41, 5.74) is 4.26. The third kappa shape index (κ3) is 17.8. The van der Waals surface area contributed by atoms with E-state index in [-0.39, 0.29) is 25.4 Å². The molecule has 4 N–H and O–H groups in total. The van der Waals surface area contributed by atoms with Crippen molar-refractivity contribution in [1.82, 2.24) is 0 Å². The number of amides is 1. The molecule has 1 aliphatic carbocycles. The van der Waals surface area contributed by atoms with E-state index in [9.17, 15) is 9.59 Å². The molecule has 1 aliphatic heterocycles. The fraction of sp³-hybridized carbons (Fsp3) is 0.647. The molecular weight excluding hydrogens is 330 g/mol. The van der Waals surface area contributed by atoms with Gasteiger partial charge in [0.05, 0.1) is 13.2 Å². The third-order valence-electron chi connectivity index (χ3n) is 2.39. The van der Waals surface area contributed by atoms with Crippen molar-refractivity contribution >= 4 is 12.2 Å². The van der Waals surface area contributed by atoms with Crippen LogP contribution in [0.2, 0.25) is 0 Å². The van der Waals surface area contributed by atoms with Crippen molar-refractivity contribution in [2.24, 2.45) is 5.73 Å². The van der Waals surface area contributed by atoms with Crippen LogP contribution in [0.5, 0.6) is 0 Å². The number of fused-ring (bicyclic) bond motifs is 1. The van der Waals surface area contributed by atoms with Gasteiger partial charge in [-0.1, -0.05) is 0 Å². The van der Waals surface area contributed by atoms with E-state index in [2.05, 4.69) is 30.4 Å². The summed E-state index contributed by atoms with van der Waals surface area (Å²) in [6.45, 7) is 5.04. The normalized spacial score (nSPS) is 19.2. The van der Waals surface area contributed by atoms with Crippen molar-refractivity contribution < 1.29 is 34.0 Å². The molecule has 0 bridgehead atoms. The molecule has 0 radical (unpaired) electrons. The van der Waals surface area contributed by atoms with Crippen LogP contribution < -0.4 is 5.73 Å². The van der Waals surface area contributed by atoms with Gasteiger partial charge < -0.3 is 30.2 Å². The molecular formula is C17H29NO7. The summed E-state index contributed by atoms with van der Waals surface area (Å²) in [5, 5.41) is 15.2. The van der Waals surface area contributed by atoms with E-state index >= 15 is 0 Å². The molecule has 144 valence electrons. The Morgan fingerprint density at radius 1 is 1.12 bits per heavy atom. The van der Waals surface area contributed by atoms with E-state index in [0.29, 0.717) is 0 Å². The molecule has 0 aromatic carbocycles. The van der Waals surface area contributed by atoms with Crippen LogP contribution in [0.15, 0.2) is 0 Å². The highest BCUT2D eigenvalue weighted by Crippen LogP contribution is 2.30. The second-order valence-corrected chi connectivity index (χ2v) is 5.47. The van der Waals surface area contributed by atoms with Crippen LogP contribution in [0.1, 0.15) is 40.0 Å². The highest BCUT2D eigenvalue weighted by Gasteiger charge is 2.39. The quantitative estimate of drug-likeness (QED) is 0.477. The number of hydrogen-bond donors (Lipinski definition) is 3.